The van der Waals surface area contributed by atoms with Gasteiger partial charge in [0.25, 0.3) is 0 Å². The molecular formula is C16H11BrCl2N2O. The van der Waals surface area contributed by atoms with E-state index in [2.05, 4.69) is 26.1 Å². The monoisotopic (exact) mass is 396 g/mol. The predicted molar refractivity (Wildman–Crippen MR) is 94.5 cm³/mol. The average Bonchev–Trinajstić information content (AvgIpc) is 2.82. The van der Waals surface area contributed by atoms with Gasteiger partial charge in [0.1, 0.15) is 5.71 Å². The van der Waals surface area contributed by atoms with Gasteiger partial charge in [-0.15, -0.1) is 0 Å². The van der Waals surface area contributed by atoms with Gasteiger partial charge in [-0.2, -0.15) is 0 Å². The summed E-state index contributed by atoms with van der Waals surface area (Å²) in [6, 6.07) is 13.2. The van der Waals surface area contributed by atoms with Crippen LogP contribution in [0.15, 0.2) is 52.1 Å². The first-order valence-electron chi connectivity index (χ1n) is 6.51. The molecule has 3 aromatic rings. The maximum absolute atomic E-state index is 9.38. The second-order valence-corrected chi connectivity index (χ2v) is 6.59. The second kappa shape index (κ2) is 6.32. The van der Waals surface area contributed by atoms with Crippen molar-refractivity contribution in [3.63, 3.8) is 0 Å². The van der Waals surface area contributed by atoms with E-state index in [4.69, 9.17) is 23.2 Å². The van der Waals surface area contributed by atoms with Crippen LogP contribution in [-0.2, 0) is 6.42 Å². The van der Waals surface area contributed by atoms with Crippen molar-refractivity contribution in [1.82, 2.24) is 4.98 Å². The van der Waals surface area contributed by atoms with Crippen molar-refractivity contribution in [3.8, 4) is 0 Å². The van der Waals surface area contributed by atoms with Crippen molar-refractivity contribution in [3.05, 3.63) is 68.2 Å². The van der Waals surface area contributed by atoms with Crippen LogP contribution in [0.25, 0.3) is 10.9 Å². The number of fused-ring (bicyclic) bond motifs is 1. The Labute approximate surface area is 145 Å². The first kappa shape index (κ1) is 15.4. The van der Waals surface area contributed by atoms with E-state index in [1.54, 1.807) is 6.07 Å². The molecule has 112 valence electrons. The van der Waals surface area contributed by atoms with E-state index < -0.39 is 0 Å². The summed E-state index contributed by atoms with van der Waals surface area (Å²) in [4.78, 5) is 3.20. The fourth-order valence-electron chi connectivity index (χ4n) is 2.34. The number of nitrogens with zero attached hydrogens (tertiary/aromatic N) is 1. The number of aromatic amines is 1. The summed E-state index contributed by atoms with van der Waals surface area (Å²) in [6.07, 6.45) is 0.421. The number of nitrogens with one attached hydrogen (secondary N) is 1. The fourth-order valence-corrected chi connectivity index (χ4v) is 3.23. The molecule has 3 rings (SSSR count). The lowest BCUT2D eigenvalue weighted by molar-refractivity contribution is 0.318. The quantitative estimate of drug-likeness (QED) is 0.334. The van der Waals surface area contributed by atoms with Crippen LogP contribution >= 0.6 is 39.1 Å². The molecule has 2 N–H and O–H groups in total. The van der Waals surface area contributed by atoms with Gasteiger partial charge in [0, 0.05) is 26.8 Å². The summed E-state index contributed by atoms with van der Waals surface area (Å²) in [5.41, 5.74) is 2.89. The molecule has 2 aromatic carbocycles. The van der Waals surface area contributed by atoms with E-state index in [1.807, 2.05) is 36.4 Å². The van der Waals surface area contributed by atoms with Crippen LogP contribution in [0.3, 0.4) is 0 Å². The maximum Gasteiger partial charge on any atom is 0.109 e. The third kappa shape index (κ3) is 3.00. The number of rotatable bonds is 3. The van der Waals surface area contributed by atoms with Gasteiger partial charge >= 0.3 is 0 Å². The van der Waals surface area contributed by atoms with Crippen LogP contribution in [0, 0.1) is 0 Å². The normalized spacial score (nSPS) is 12.0. The van der Waals surface area contributed by atoms with Gasteiger partial charge in [0.15, 0.2) is 0 Å². The van der Waals surface area contributed by atoms with Crippen molar-refractivity contribution in [2.24, 2.45) is 5.16 Å². The van der Waals surface area contributed by atoms with Gasteiger partial charge in [-0.1, -0.05) is 56.4 Å². The van der Waals surface area contributed by atoms with Crippen molar-refractivity contribution in [1.29, 1.82) is 0 Å². The van der Waals surface area contributed by atoms with Crippen LogP contribution in [0.2, 0.25) is 10.0 Å². The predicted octanol–water partition coefficient (Wildman–Crippen LogP) is 5.66. The molecule has 0 bridgehead atoms. The topological polar surface area (TPSA) is 48.4 Å². The van der Waals surface area contributed by atoms with Gasteiger partial charge in [-0.3, -0.25) is 0 Å². The molecule has 0 saturated heterocycles. The van der Waals surface area contributed by atoms with E-state index in [0.29, 0.717) is 27.9 Å². The average molecular weight is 398 g/mol. The number of hydrogen-bond donors (Lipinski definition) is 2. The van der Waals surface area contributed by atoms with E-state index in [-0.39, 0.29) is 0 Å². The van der Waals surface area contributed by atoms with E-state index >= 15 is 0 Å². The highest BCUT2D eigenvalue weighted by Gasteiger charge is 2.16. The number of H-pyrrole nitrogens is 1. The van der Waals surface area contributed by atoms with Crippen molar-refractivity contribution >= 4 is 55.7 Å². The minimum Gasteiger partial charge on any atom is -0.411 e. The van der Waals surface area contributed by atoms with Crippen molar-refractivity contribution in [2.75, 3.05) is 0 Å². The Morgan fingerprint density at radius 3 is 2.73 bits per heavy atom. The number of oxime groups is 1. The van der Waals surface area contributed by atoms with Crippen LogP contribution in [0.4, 0.5) is 0 Å². The second-order valence-electron chi connectivity index (χ2n) is 4.86. The first-order valence-corrected chi connectivity index (χ1v) is 8.06. The molecule has 3 nitrogen and oxygen atoms in total. The zero-order valence-corrected chi connectivity index (χ0v) is 14.4. The molecule has 0 radical (unpaired) electrons. The molecule has 22 heavy (non-hydrogen) atoms. The maximum atomic E-state index is 9.38. The minimum atomic E-state index is 0.421. The molecule has 1 aromatic heterocycles. The summed E-state index contributed by atoms with van der Waals surface area (Å²) in [7, 11) is 0. The van der Waals surface area contributed by atoms with Crippen molar-refractivity contribution < 1.29 is 5.21 Å². The molecule has 0 fully saturated rings. The van der Waals surface area contributed by atoms with Crippen LogP contribution in [0.1, 0.15) is 11.3 Å². The first-order chi connectivity index (χ1) is 10.6. The Balaban J connectivity index is 2.02. The number of aromatic nitrogens is 1. The molecule has 0 aliphatic heterocycles. The summed E-state index contributed by atoms with van der Waals surface area (Å²) in [5.74, 6) is 0. The lowest BCUT2D eigenvalue weighted by atomic mass is 10.1. The zero-order valence-electron chi connectivity index (χ0n) is 11.3. The van der Waals surface area contributed by atoms with E-state index in [1.165, 1.54) is 0 Å². The molecule has 0 aliphatic carbocycles. The molecule has 0 atom stereocenters. The van der Waals surface area contributed by atoms with Crippen LogP contribution in [0.5, 0.6) is 0 Å². The summed E-state index contributed by atoms with van der Waals surface area (Å²) in [5, 5.41) is 14.8. The van der Waals surface area contributed by atoms with Crippen molar-refractivity contribution in [2.45, 2.75) is 6.42 Å². The molecule has 6 heteroatoms. The lowest BCUT2D eigenvalue weighted by Crippen LogP contribution is -2.06. The highest BCUT2D eigenvalue weighted by Crippen LogP contribution is 2.31. The summed E-state index contributed by atoms with van der Waals surface area (Å²) in [6.45, 7) is 0. The number of hydrogen-bond acceptors (Lipinski definition) is 2. The minimum absolute atomic E-state index is 0.421. The Morgan fingerprint density at radius 1 is 1.18 bits per heavy atom. The molecule has 0 saturated carbocycles. The van der Waals surface area contributed by atoms with Gasteiger partial charge in [0.05, 0.1) is 10.7 Å². The molecule has 1 heterocycles. The smallest absolute Gasteiger partial charge is 0.109 e. The van der Waals surface area contributed by atoms with E-state index in [9.17, 15) is 5.21 Å². The zero-order chi connectivity index (χ0) is 15.7. The highest BCUT2D eigenvalue weighted by atomic mass is 79.9. The SMILES string of the molecule is O/N=C(/Cc1cccc(Cl)c1)c1[nH]c2ccc(Br)cc2c1Cl. The Bertz CT molecular complexity index is 874. The van der Waals surface area contributed by atoms with Crippen LogP contribution < -0.4 is 0 Å². The Hall–Kier alpha value is -1.49. The molecule has 0 aliphatic rings. The highest BCUT2D eigenvalue weighted by molar-refractivity contribution is 9.10. The van der Waals surface area contributed by atoms with Gasteiger partial charge in [0.2, 0.25) is 0 Å². The van der Waals surface area contributed by atoms with E-state index in [0.717, 1.165) is 20.9 Å². The Kier molecular flexibility index (Phi) is 4.43. The molecule has 0 amide bonds. The van der Waals surface area contributed by atoms with Crippen LogP contribution in [-0.4, -0.2) is 15.9 Å². The summed E-state index contributed by atoms with van der Waals surface area (Å²) >= 11 is 15.8. The molecular weight excluding hydrogens is 387 g/mol. The molecule has 0 unspecified atom stereocenters. The van der Waals surface area contributed by atoms with Gasteiger partial charge < -0.3 is 10.2 Å². The largest absolute Gasteiger partial charge is 0.411 e. The van der Waals surface area contributed by atoms with Gasteiger partial charge in [-0.25, -0.2) is 0 Å². The molecule has 0 spiro atoms. The number of halogens is 3. The third-order valence-corrected chi connectivity index (χ3v) is 4.49. The van der Waals surface area contributed by atoms with Gasteiger partial charge in [-0.05, 0) is 35.9 Å². The fraction of sp³-hybridized carbons (Fsp3) is 0.0625. The summed E-state index contributed by atoms with van der Waals surface area (Å²) < 4.78 is 0.935. The standard InChI is InChI=1S/C16H11BrCl2N2O/c17-10-4-5-13-12(8-10)15(19)16(20-13)14(21-22)7-9-2-1-3-11(18)6-9/h1-6,8,20,22H,7H2/b21-14-. The Morgan fingerprint density at radius 2 is 2.00 bits per heavy atom. The number of benzene rings is 2. The lowest BCUT2D eigenvalue weighted by Gasteiger charge is -2.04. The third-order valence-electron chi connectivity index (χ3n) is 3.37.